The van der Waals surface area contributed by atoms with E-state index in [1.165, 1.54) is 18.6 Å². The van der Waals surface area contributed by atoms with Gasteiger partial charge in [0.05, 0.1) is 30.9 Å². The molecule has 0 unspecified atom stereocenters. The minimum Gasteiger partial charge on any atom is -0.494 e. The number of hydrogen-bond donors (Lipinski definition) is 1. The van der Waals surface area contributed by atoms with Crippen molar-refractivity contribution < 1.29 is 13.5 Å². The number of alkyl halides is 2. The molecule has 8 nitrogen and oxygen atoms in total. The summed E-state index contributed by atoms with van der Waals surface area (Å²) in [6, 6.07) is 7.46. The quantitative estimate of drug-likeness (QED) is 0.439. The van der Waals surface area contributed by atoms with Gasteiger partial charge >= 0.3 is 0 Å². The molecule has 1 aromatic carbocycles. The van der Waals surface area contributed by atoms with Gasteiger partial charge in [-0.1, -0.05) is 0 Å². The van der Waals surface area contributed by atoms with Gasteiger partial charge in [-0.05, 0) is 49.6 Å². The molecular formula is C21H20F2N6O2S. The monoisotopic (exact) mass is 458 g/mol. The minimum absolute atomic E-state index is 0.0139. The van der Waals surface area contributed by atoms with E-state index < -0.39 is 23.7 Å². The number of nitrogens with one attached hydrogen (secondary N) is 1. The van der Waals surface area contributed by atoms with Crippen LogP contribution in [0.15, 0.2) is 53.8 Å². The number of imidazole rings is 1. The number of aromatic nitrogens is 5. The van der Waals surface area contributed by atoms with Crippen molar-refractivity contribution in [1.82, 2.24) is 23.7 Å². The number of aryl methyl sites for hydroxylation is 1. The Hall–Kier alpha value is -3.60. The number of rotatable bonds is 7. The van der Waals surface area contributed by atoms with Gasteiger partial charge in [0.15, 0.2) is 0 Å². The molecule has 0 saturated heterocycles. The van der Waals surface area contributed by atoms with Crippen LogP contribution in [0.4, 0.5) is 20.2 Å². The summed E-state index contributed by atoms with van der Waals surface area (Å²) in [4.78, 5) is 18.0. The van der Waals surface area contributed by atoms with Crippen molar-refractivity contribution in [2.75, 3.05) is 12.4 Å². The molecule has 1 atom stereocenters. The van der Waals surface area contributed by atoms with Gasteiger partial charge in [-0.3, -0.25) is 4.79 Å². The molecule has 0 saturated carbocycles. The first-order valence-electron chi connectivity index (χ1n) is 9.66. The summed E-state index contributed by atoms with van der Waals surface area (Å²) >= 11 is 1.18. The molecule has 0 spiro atoms. The van der Waals surface area contributed by atoms with Crippen LogP contribution in [-0.2, 0) is 0 Å². The highest BCUT2D eigenvalue weighted by atomic mass is 32.1. The molecule has 0 amide bonds. The summed E-state index contributed by atoms with van der Waals surface area (Å²) in [5.74, 6) is 0.522. The molecule has 3 heterocycles. The lowest BCUT2D eigenvalue weighted by Crippen LogP contribution is -2.29. The van der Waals surface area contributed by atoms with Crippen LogP contribution in [0.25, 0.3) is 5.69 Å². The van der Waals surface area contributed by atoms with Crippen LogP contribution in [0.3, 0.4) is 0 Å². The van der Waals surface area contributed by atoms with Gasteiger partial charge in [0.2, 0.25) is 0 Å². The van der Waals surface area contributed by atoms with Crippen LogP contribution in [0.2, 0.25) is 0 Å². The first-order valence-corrected chi connectivity index (χ1v) is 10.4. The van der Waals surface area contributed by atoms with Gasteiger partial charge in [-0.25, -0.2) is 22.8 Å². The molecule has 0 bridgehead atoms. The van der Waals surface area contributed by atoms with Crippen molar-refractivity contribution >= 4 is 22.9 Å². The zero-order chi connectivity index (χ0) is 22.8. The molecule has 1 N–H and O–H groups in total. The number of anilines is 2. The summed E-state index contributed by atoms with van der Waals surface area (Å²) in [6.07, 6.45) is 2.27. The number of halogens is 2. The van der Waals surface area contributed by atoms with E-state index >= 15 is 0 Å². The average Bonchev–Trinajstić information content (AvgIpc) is 3.46. The molecule has 3 aromatic heterocycles. The van der Waals surface area contributed by atoms with E-state index in [1.54, 1.807) is 43.7 Å². The Morgan fingerprint density at radius 1 is 1.22 bits per heavy atom. The molecule has 32 heavy (non-hydrogen) atoms. The Labute approximate surface area is 186 Å². The van der Waals surface area contributed by atoms with Crippen LogP contribution in [-0.4, -0.2) is 30.8 Å². The Bertz CT molecular complexity index is 1290. The van der Waals surface area contributed by atoms with Crippen molar-refractivity contribution in [2.45, 2.75) is 26.3 Å². The molecular weight excluding hydrogens is 438 g/mol. The van der Waals surface area contributed by atoms with E-state index in [0.717, 1.165) is 27.0 Å². The molecule has 0 aliphatic heterocycles. The zero-order valence-electron chi connectivity index (χ0n) is 17.5. The minimum atomic E-state index is -2.84. The number of benzene rings is 1. The maximum Gasteiger partial charge on any atom is 0.291 e. The lowest BCUT2D eigenvalue weighted by atomic mass is 10.2. The second kappa shape index (κ2) is 8.87. The number of methoxy groups -OCH3 is 1. The van der Waals surface area contributed by atoms with Crippen molar-refractivity contribution in [3.05, 3.63) is 75.7 Å². The summed E-state index contributed by atoms with van der Waals surface area (Å²) in [6.45, 7) is 3.59. The van der Waals surface area contributed by atoms with Crippen LogP contribution in [0, 0.1) is 6.92 Å². The van der Waals surface area contributed by atoms with Crippen LogP contribution in [0.1, 0.15) is 35.7 Å². The molecule has 0 aliphatic carbocycles. The third-order valence-corrected chi connectivity index (χ3v) is 5.78. The summed E-state index contributed by atoms with van der Waals surface area (Å²) < 4.78 is 39.4. The summed E-state index contributed by atoms with van der Waals surface area (Å²) in [7, 11) is 1.53. The largest absolute Gasteiger partial charge is 0.494 e. The van der Waals surface area contributed by atoms with Gasteiger partial charge in [-0.2, -0.15) is 5.10 Å². The van der Waals surface area contributed by atoms with Gasteiger partial charge < -0.3 is 14.6 Å². The van der Waals surface area contributed by atoms with Crippen LogP contribution >= 0.6 is 11.5 Å². The fourth-order valence-corrected chi connectivity index (χ4v) is 3.85. The Morgan fingerprint density at radius 2 is 2.03 bits per heavy atom. The van der Waals surface area contributed by atoms with E-state index in [2.05, 4.69) is 19.8 Å². The Kier molecular flexibility index (Phi) is 5.99. The predicted molar refractivity (Wildman–Crippen MR) is 118 cm³/mol. The van der Waals surface area contributed by atoms with Gasteiger partial charge in [0.1, 0.15) is 17.1 Å². The molecule has 0 radical (unpaired) electrons. The first kappa shape index (κ1) is 21.6. The second-order valence-electron chi connectivity index (χ2n) is 7.06. The zero-order valence-corrected chi connectivity index (χ0v) is 18.3. The molecule has 166 valence electrons. The van der Waals surface area contributed by atoms with Crippen molar-refractivity contribution in [2.24, 2.45) is 0 Å². The standard InChI is InChI=1S/C21H20F2N6O2S/c1-12-10-28(11-24-12)17-5-4-14(8-18(17)31-3)26-16-9-15(20(22)23)27-29(21(16)30)13(2)19-6-7-25-32-19/h4-11,13,20,26H,1-3H3/t13-/m0/s1. The second-order valence-corrected chi connectivity index (χ2v) is 7.92. The van der Waals surface area contributed by atoms with E-state index in [9.17, 15) is 13.6 Å². The first-order chi connectivity index (χ1) is 15.4. The molecule has 11 heteroatoms. The number of hydrogen-bond acceptors (Lipinski definition) is 7. The smallest absolute Gasteiger partial charge is 0.291 e. The van der Waals surface area contributed by atoms with Gasteiger partial charge in [0, 0.05) is 29.0 Å². The normalized spacial score (nSPS) is 12.2. The lowest BCUT2D eigenvalue weighted by Gasteiger charge is -2.17. The fraction of sp³-hybridized carbons (Fsp3) is 0.238. The molecule has 4 aromatic rings. The van der Waals surface area contributed by atoms with E-state index in [-0.39, 0.29) is 5.69 Å². The van der Waals surface area contributed by atoms with Crippen molar-refractivity contribution in [3.63, 3.8) is 0 Å². The molecule has 0 aliphatic rings. The van der Waals surface area contributed by atoms with E-state index in [4.69, 9.17) is 4.74 Å². The Balaban J connectivity index is 1.73. The summed E-state index contributed by atoms with van der Waals surface area (Å²) in [5.41, 5.74) is 1.06. The highest BCUT2D eigenvalue weighted by Gasteiger charge is 2.20. The molecule has 0 fully saturated rings. The van der Waals surface area contributed by atoms with Crippen molar-refractivity contribution in [3.8, 4) is 11.4 Å². The maximum atomic E-state index is 13.5. The topological polar surface area (TPSA) is 86.9 Å². The SMILES string of the molecule is COc1cc(Nc2cc(C(F)F)nn([C@@H](C)c3ccns3)c2=O)ccc1-n1cnc(C)c1. The fourth-order valence-electron chi connectivity index (χ4n) is 3.23. The maximum absolute atomic E-state index is 13.5. The highest BCUT2D eigenvalue weighted by Crippen LogP contribution is 2.29. The average molecular weight is 458 g/mol. The predicted octanol–water partition coefficient (Wildman–Crippen LogP) is 4.49. The third-order valence-electron chi connectivity index (χ3n) is 4.86. The van der Waals surface area contributed by atoms with Gasteiger partial charge in [-0.15, -0.1) is 0 Å². The highest BCUT2D eigenvalue weighted by molar-refractivity contribution is 7.05. The van der Waals surface area contributed by atoms with E-state index in [0.29, 0.717) is 11.4 Å². The van der Waals surface area contributed by atoms with E-state index in [1.807, 2.05) is 17.7 Å². The number of nitrogens with zero attached hydrogens (tertiary/aromatic N) is 5. The summed E-state index contributed by atoms with van der Waals surface area (Å²) in [5, 5.41) is 6.82. The lowest BCUT2D eigenvalue weighted by molar-refractivity contribution is 0.142. The Morgan fingerprint density at radius 3 is 2.66 bits per heavy atom. The van der Waals surface area contributed by atoms with Crippen LogP contribution in [0.5, 0.6) is 5.75 Å². The third kappa shape index (κ3) is 4.24. The van der Waals surface area contributed by atoms with Crippen LogP contribution < -0.4 is 15.6 Å². The van der Waals surface area contributed by atoms with Gasteiger partial charge in [0.25, 0.3) is 12.0 Å². The number of ether oxygens (including phenoxy) is 1. The molecule has 4 rings (SSSR count). The van der Waals surface area contributed by atoms with Crippen molar-refractivity contribution in [1.29, 1.82) is 0 Å².